The molecule has 1 fully saturated rings. The van der Waals surface area contributed by atoms with E-state index in [2.05, 4.69) is 22.0 Å². The van der Waals surface area contributed by atoms with Crippen LogP contribution in [0.15, 0.2) is 42.7 Å². The average Bonchev–Trinajstić information content (AvgIpc) is 2.95. The summed E-state index contributed by atoms with van der Waals surface area (Å²) < 4.78 is 69.1. The van der Waals surface area contributed by atoms with Gasteiger partial charge in [-0.05, 0) is 48.1 Å². The summed E-state index contributed by atoms with van der Waals surface area (Å²) in [6.45, 7) is 3.40. The Hall–Kier alpha value is -4.57. The Labute approximate surface area is 241 Å². The molecule has 1 saturated heterocycles. The first-order chi connectivity index (χ1) is 20.0. The first-order valence-electron chi connectivity index (χ1n) is 12.6. The molecule has 1 aromatic heterocycles. The minimum absolute atomic E-state index is 0.0427. The molecule has 4 rings (SSSR count). The first-order valence-corrected chi connectivity index (χ1v) is 12.6. The number of esters is 1. The van der Waals surface area contributed by atoms with Crippen molar-refractivity contribution in [2.45, 2.75) is 44.8 Å². The minimum Gasteiger partial charge on any atom is -0.475 e. The monoisotopic (exact) mass is 621 g/mol. The number of halogens is 6. The number of carboxylic acid groups (broad SMARTS) is 2. The van der Waals surface area contributed by atoms with E-state index < -0.39 is 24.3 Å². The lowest BCUT2D eigenvalue weighted by molar-refractivity contribution is -0.193. The van der Waals surface area contributed by atoms with E-state index in [9.17, 15) is 31.1 Å². The third-order valence-corrected chi connectivity index (χ3v) is 6.35. The van der Waals surface area contributed by atoms with Gasteiger partial charge in [0.05, 0.1) is 5.92 Å². The molecule has 0 saturated carbocycles. The smallest absolute Gasteiger partial charge is 0.475 e. The number of piperidine rings is 1. The molecule has 3 heterocycles. The standard InChI is InChI=1S/C22H27N5O2.2C2HF3O2/c23-22(24)27-12-5-17-2-1-16(13-19(17)14-27)15-29-21(28)18-6-10-26(11-7-18)20-3-8-25-9-4-20;2*3-2(4,5)1(6)7/h1-4,8-9,13,18H,5-7,10-12,14-15H2,(H3,23,24);2*(H,6,7). The number of hydrogen-bond acceptors (Lipinski definition) is 7. The van der Waals surface area contributed by atoms with Gasteiger partial charge in [-0.1, -0.05) is 18.2 Å². The van der Waals surface area contributed by atoms with Crippen LogP contribution >= 0.6 is 0 Å². The Morgan fingerprint density at radius 3 is 1.95 bits per heavy atom. The Balaban J connectivity index is 0.000000384. The number of guanidine groups is 1. The fourth-order valence-electron chi connectivity index (χ4n) is 4.11. The summed E-state index contributed by atoms with van der Waals surface area (Å²) >= 11 is 0. The van der Waals surface area contributed by atoms with Crippen LogP contribution in [0.3, 0.4) is 0 Å². The number of hydrogen-bond donors (Lipinski definition) is 4. The average molecular weight is 622 g/mol. The second-order valence-electron chi connectivity index (χ2n) is 9.34. The third kappa shape index (κ3) is 11.3. The molecule has 17 heteroatoms. The summed E-state index contributed by atoms with van der Waals surface area (Å²) in [5, 5.41) is 21.9. The number of pyridine rings is 1. The number of nitrogens with one attached hydrogen (secondary N) is 1. The number of alkyl halides is 6. The van der Waals surface area contributed by atoms with Crippen molar-refractivity contribution in [3.05, 3.63) is 59.4 Å². The molecule has 2 aliphatic heterocycles. The molecule has 0 unspecified atom stereocenters. The Bertz CT molecular complexity index is 1240. The second-order valence-corrected chi connectivity index (χ2v) is 9.34. The van der Waals surface area contributed by atoms with Gasteiger partial charge in [0.2, 0.25) is 0 Å². The lowest BCUT2D eigenvalue weighted by atomic mass is 9.96. The SMILES string of the molecule is N=C(N)N1CCc2ccc(COC(=O)C3CCN(c4ccncc4)CC3)cc2C1.O=C(O)C(F)(F)F.O=C(O)C(F)(F)F. The van der Waals surface area contributed by atoms with Gasteiger partial charge < -0.3 is 30.5 Å². The van der Waals surface area contributed by atoms with Crippen molar-refractivity contribution >= 4 is 29.6 Å². The molecule has 0 amide bonds. The van der Waals surface area contributed by atoms with Crippen molar-refractivity contribution in [3.63, 3.8) is 0 Å². The van der Waals surface area contributed by atoms with E-state index >= 15 is 0 Å². The van der Waals surface area contributed by atoms with E-state index in [0.29, 0.717) is 6.54 Å². The molecule has 236 valence electrons. The summed E-state index contributed by atoms with van der Waals surface area (Å²) in [6, 6.07) is 10.2. The molecule has 11 nitrogen and oxygen atoms in total. The van der Waals surface area contributed by atoms with Gasteiger partial charge >= 0.3 is 30.3 Å². The molecule has 0 atom stereocenters. The number of rotatable bonds is 4. The van der Waals surface area contributed by atoms with Gasteiger partial charge in [0.1, 0.15) is 6.61 Å². The number of carbonyl (C=O) groups is 3. The highest BCUT2D eigenvalue weighted by Crippen LogP contribution is 2.25. The van der Waals surface area contributed by atoms with E-state index in [4.69, 9.17) is 35.7 Å². The van der Waals surface area contributed by atoms with Crippen LogP contribution in [-0.2, 0) is 38.7 Å². The lowest BCUT2D eigenvalue weighted by Crippen LogP contribution is -2.40. The molecule has 5 N–H and O–H groups in total. The van der Waals surface area contributed by atoms with Crippen LogP contribution < -0.4 is 10.6 Å². The van der Waals surface area contributed by atoms with Crippen molar-refractivity contribution in [1.29, 1.82) is 5.41 Å². The molecule has 1 aromatic carbocycles. The number of aliphatic carboxylic acids is 2. The summed E-state index contributed by atoms with van der Waals surface area (Å²) in [6.07, 6.45) is -4.09. The molecular weight excluding hydrogens is 592 g/mol. The Morgan fingerprint density at radius 2 is 1.47 bits per heavy atom. The van der Waals surface area contributed by atoms with E-state index in [1.54, 1.807) is 12.4 Å². The van der Waals surface area contributed by atoms with Crippen molar-refractivity contribution in [1.82, 2.24) is 9.88 Å². The molecule has 0 spiro atoms. The lowest BCUT2D eigenvalue weighted by Gasteiger charge is -2.32. The number of carboxylic acids is 2. The molecular formula is C26H29F6N5O6. The number of anilines is 1. The van der Waals surface area contributed by atoms with Crippen LogP contribution in [0.5, 0.6) is 0 Å². The van der Waals surface area contributed by atoms with Crippen LogP contribution in [0.2, 0.25) is 0 Å². The number of nitrogens with two attached hydrogens (primary N) is 1. The Kier molecular flexibility index (Phi) is 12.1. The second kappa shape index (κ2) is 15.1. The quantitative estimate of drug-likeness (QED) is 0.171. The molecule has 43 heavy (non-hydrogen) atoms. The Morgan fingerprint density at radius 1 is 0.930 bits per heavy atom. The molecule has 2 aliphatic rings. The van der Waals surface area contributed by atoms with Crippen LogP contribution in [0.4, 0.5) is 32.0 Å². The molecule has 0 aliphatic carbocycles. The zero-order valence-electron chi connectivity index (χ0n) is 22.5. The highest BCUT2D eigenvalue weighted by molar-refractivity contribution is 5.75. The summed E-state index contributed by atoms with van der Waals surface area (Å²) in [5.41, 5.74) is 10.2. The van der Waals surface area contributed by atoms with Gasteiger partial charge in [-0.25, -0.2) is 9.59 Å². The summed E-state index contributed by atoms with van der Waals surface area (Å²) in [5.74, 6) is -5.56. The maximum atomic E-state index is 12.5. The fraction of sp³-hybridized carbons (Fsp3) is 0.423. The number of fused-ring (bicyclic) bond motifs is 1. The van der Waals surface area contributed by atoms with E-state index in [-0.39, 0.29) is 24.5 Å². The summed E-state index contributed by atoms with van der Waals surface area (Å²) in [7, 11) is 0. The minimum atomic E-state index is -5.08. The number of nitrogens with zero attached hydrogens (tertiary/aromatic N) is 3. The normalized spacial score (nSPS) is 15.1. The van der Waals surface area contributed by atoms with Crippen LogP contribution in [0.1, 0.15) is 29.5 Å². The highest BCUT2D eigenvalue weighted by Gasteiger charge is 2.39. The van der Waals surface area contributed by atoms with E-state index in [1.807, 2.05) is 23.1 Å². The molecule has 2 aromatic rings. The van der Waals surface area contributed by atoms with Gasteiger partial charge in [-0.2, -0.15) is 26.3 Å². The van der Waals surface area contributed by atoms with Crippen LogP contribution in [0, 0.1) is 11.3 Å². The van der Waals surface area contributed by atoms with E-state index in [1.165, 1.54) is 5.56 Å². The predicted octanol–water partition coefficient (Wildman–Crippen LogP) is 3.56. The van der Waals surface area contributed by atoms with Crippen molar-refractivity contribution in [2.24, 2.45) is 11.7 Å². The van der Waals surface area contributed by atoms with Crippen molar-refractivity contribution < 1.29 is 55.7 Å². The van der Waals surface area contributed by atoms with Gasteiger partial charge in [0.15, 0.2) is 5.96 Å². The van der Waals surface area contributed by atoms with Crippen molar-refractivity contribution in [2.75, 3.05) is 24.5 Å². The van der Waals surface area contributed by atoms with Crippen LogP contribution in [-0.4, -0.2) is 76.0 Å². The van der Waals surface area contributed by atoms with Gasteiger partial charge in [-0.15, -0.1) is 0 Å². The van der Waals surface area contributed by atoms with E-state index in [0.717, 1.165) is 55.7 Å². The number of ether oxygens (including phenoxy) is 1. The van der Waals surface area contributed by atoms with Gasteiger partial charge in [0.25, 0.3) is 0 Å². The highest BCUT2D eigenvalue weighted by atomic mass is 19.4. The van der Waals surface area contributed by atoms with Crippen LogP contribution in [0.25, 0.3) is 0 Å². The largest absolute Gasteiger partial charge is 0.490 e. The number of aromatic nitrogens is 1. The van der Waals surface area contributed by atoms with Gasteiger partial charge in [-0.3, -0.25) is 15.2 Å². The fourth-order valence-corrected chi connectivity index (χ4v) is 4.11. The van der Waals surface area contributed by atoms with Gasteiger partial charge in [0, 0.05) is 44.3 Å². The number of carbonyl (C=O) groups excluding carboxylic acids is 1. The molecule has 0 bridgehead atoms. The maximum absolute atomic E-state index is 12.5. The number of benzene rings is 1. The van der Waals surface area contributed by atoms with Crippen molar-refractivity contribution in [3.8, 4) is 0 Å². The third-order valence-electron chi connectivity index (χ3n) is 6.35. The zero-order valence-corrected chi connectivity index (χ0v) is 22.5. The zero-order chi connectivity index (χ0) is 32.4. The predicted molar refractivity (Wildman–Crippen MR) is 139 cm³/mol. The topological polar surface area (TPSA) is 170 Å². The maximum Gasteiger partial charge on any atom is 0.490 e. The summed E-state index contributed by atoms with van der Waals surface area (Å²) in [4.78, 5) is 38.5. The molecule has 0 radical (unpaired) electrons. The first kappa shape index (κ1) is 34.6.